The summed E-state index contributed by atoms with van der Waals surface area (Å²) in [6.45, 7) is 2.79. The Hall–Kier alpha value is -2.45. The first-order valence-electron chi connectivity index (χ1n) is 9.59. The van der Waals surface area contributed by atoms with Crippen LogP contribution in [0.25, 0.3) is 0 Å². The van der Waals surface area contributed by atoms with Crippen molar-refractivity contribution in [3.8, 4) is 0 Å². The van der Waals surface area contributed by atoms with E-state index in [2.05, 4.69) is 0 Å². The van der Waals surface area contributed by atoms with Crippen molar-refractivity contribution in [3.63, 3.8) is 0 Å². The van der Waals surface area contributed by atoms with Gasteiger partial charge in [-0.15, -0.1) is 0 Å². The van der Waals surface area contributed by atoms with Gasteiger partial charge in [0.15, 0.2) is 6.61 Å². The normalized spacial score (nSPS) is 26.9. The number of likely N-dealkylation sites (N-methyl/N-ethyl adjacent to an activating group) is 1. The van der Waals surface area contributed by atoms with Crippen molar-refractivity contribution in [1.29, 1.82) is 0 Å². The number of ether oxygens (including phenoxy) is 4. The number of nitrogens with zero attached hydrogens (tertiary/aromatic N) is 1. The van der Waals surface area contributed by atoms with E-state index in [1.54, 1.807) is 20.9 Å². The fourth-order valence-corrected chi connectivity index (χ4v) is 3.10. The van der Waals surface area contributed by atoms with Crippen LogP contribution < -0.4 is 0 Å². The molecule has 0 unspecified atom stereocenters. The average Bonchev–Trinajstić information content (AvgIpc) is 2.72. The maximum Gasteiger partial charge on any atom is 0.312 e. The number of rotatable bonds is 5. The number of carbonyl (C=O) groups is 3. The van der Waals surface area contributed by atoms with Crippen LogP contribution in [0, 0.1) is 5.92 Å². The van der Waals surface area contributed by atoms with Gasteiger partial charge in [0.1, 0.15) is 12.9 Å². The molecule has 1 aromatic rings. The second kappa shape index (κ2) is 10.9. The van der Waals surface area contributed by atoms with Crippen LogP contribution in [0.4, 0.5) is 0 Å². The molecule has 8 heteroatoms. The van der Waals surface area contributed by atoms with Gasteiger partial charge in [0.05, 0.1) is 24.5 Å². The molecule has 0 bridgehead atoms. The van der Waals surface area contributed by atoms with Gasteiger partial charge in [-0.1, -0.05) is 30.3 Å². The lowest BCUT2D eigenvalue weighted by Crippen LogP contribution is -2.50. The van der Waals surface area contributed by atoms with Crippen LogP contribution in [0.1, 0.15) is 25.8 Å². The number of carbonyl (C=O) groups excluding carboxylic acids is 3. The van der Waals surface area contributed by atoms with Gasteiger partial charge in [-0.3, -0.25) is 14.4 Å². The maximum absolute atomic E-state index is 12.7. The van der Waals surface area contributed by atoms with Gasteiger partial charge in [-0.2, -0.15) is 0 Å². The third-order valence-corrected chi connectivity index (χ3v) is 5.11. The molecule has 1 amide bonds. The molecule has 0 aromatic heterocycles. The molecule has 1 aromatic carbocycles. The zero-order valence-electron chi connectivity index (χ0n) is 17.3. The summed E-state index contributed by atoms with van der Waals surface area (Å²) in [5.74, 6) is -2.16. The Morgan fingerprint density at radius 3 is 2.48 bits per heavy atom. The minimum absolute atomic E-state index is 0.0355. The molecule has 2 rings (SSSR count). The van der Waals surface area contributed by atoms with Crippen LogP contribution in [0.2, 0.25) is 0 Å². The Balaban J connectivity index is 2.33. The first-order chi connectivity index (χ1) is 13.8. The van der Waals surface area contributed by atoms with Crippen LogP contribution in [0.5, 0.6) is 0 Å². The maximum atomic E-state index is 12.7. The lowest BCUT2D eigenvalue weighted by atomic mass is 9.97. The minimum Gasteiger partial charge on any atom is -0.462 e. The quantitative estimate of drug-likeness (QED) is 0.540. The molecule has 4 atom stereocenters. The highest BCUT2D eigenvalue weighted by Gasteiger charge is 2.35. The van der Waals surface area contributed by atoms with Gasteiger partial charge in [-0.05, 0) is 25.8 Å². The predicted octanol–water partition coefficient (Wildman–Crippen LogP) is 1.56. The van der Waals surface area contributed by atoms with Crippen LogP contribution in [-0.2, 0) is 39.8 Å². The third kappa shape index (κ3) is 6.54. The van der Waals surface area contributed by atoms with Crippen molar-refractivity contribution < 1.29 is 33.3 Å². The van der Waals surface area contributed by atoms with Crippen LogP contribution in [0.15, 0.2) is 30.3 Å². The van der Waals surface area contributed by atoms with E-state index in [1.807, 2.05) is 30.3 Å². The van der Waals surface area contributed by atoms with E-state index in [0.717, 1.165) is 5.56 Å². The summed E-state index contributed by atoms with van der Waals surface area (Å²) >= 11 is 0. The van der Waals surface area contributed by atoms with E-state index in [4.69, 9.17) is 18.9 Å². The number of amides is 1. The molecule has 0 N–H and O–H groups in total. The Kier molecular flexibility index (Phi) is 8.60. The summed E-state index contributed by atoms with van der Waals surface area (Å²) in [6.07, 6.45) is -0.970. The molecule has 1 fully saturated rings. The van der Waals surface area contributed by atoms with Crippen LogP contribution in [0.3, 0.4) is 0 Å². The van der Waals surface area contributed by atoms with E-state index in [-0.39, 0.29) is 25.7 Å². The molecular formula is C21H29NO7. The zero-order chi connectivity index (χ0) is 21.4. The number of methoxy groups -OCH3 is 1. The summed E-state index contributed by atoms with van der Waals surface area (Å²) in [7, 11) is 3.09. The summed E-state index contributed by atoms with van der Waals surface area (Å²) in [5, 5.41) is 0. The standard InChI is InChI=1S/C21H29NO7/c1-14-15(2)29-20(24)11-18(28-13-26-4)17(10-16-8-6-5-7-9-16)22(3)19(23)12-27-21(14)25/h5-9,14-15,17-18H,10-13H2,1-4H3/t14-,15+,17-,18-/m0/s1. The predicted molar refractivity (Wildman–Crippen MR) is 104 cm³/mol. The lowest BCUT2D eigenvalue weighted by Gasteiger charge is -2.35. The summed E-state index contributed by atoms with van der Waals surface area (Å²) < 4.78 is 21.3. The Morgan fingerprint density at radius 1 is 1.14 bits per heavy atom. The Bertz CT molecular complexity index is 694. The Morgan fingerprint density at radius 2 is 1.83 bits per heavy atom. The second-order valence-corrected chi connectivity index (χ2v) is 7.17. The van der Waals surface area contributed by atoms with Gasteiger partial charge < -0.3 is 23.8 Å². The average molecular weight is 407 g/mol. The van der Waals surface area contributed by atoms with Gasteiger partial charge in [0.2, 0.25) is 0 Å². The lowest BCUT2D eigenvalue weighted by molar-refractivity contribution is -0.171. The van der Waals surface area contributed by atoms with Gasteiger partial charge >= 0.3 is 11.9 Å². The van der Waals surface area contributed by atoms with Gasteiger partial charge in [0.25, 0.3) is 5.91 Å². The fourth-order valence-electron chi connectivity index (χ4n) is 3.10. The topological polar surface area (TPSA) is 91.4 Å². The molecule has 1 aliphatic heterocycles. The summed E-state index contributed by atoms with van der Waals surface area (Å²) in [4.78, 5) is 38.8. The molecule has 0 saturated carbocycles. The van der Waals surface area contributed by atoms with Crippen molar-refractivity contribution in [1.82, 2.24) is 4.90 Å². The molecule has 1 aliphatic rings. The van der Waals surface area contributed by atoms with Crippen molar-refractivity contribution in [2.75, 3.05) is 27.6 Å². The van der Waals surface area contributed by atoms with Gasteiger partial charge in [-0.25, -0.2) is 0 Å². The smallest absolute Gasteiger partial charge is 0.312 e. The van der Waals surface area contributed by atoms with E-state index < -0.39 is 36.1 Å². The molecule has 0 spiro atoms. The zero-order valence-corrected chi connectivity index (χ0v) is 17.3. The van der Waals surface area contributed by atoms with Crippen molar-refractivity contribution >= 4 is 17.8 Å². The highest BCUT2D eigenvalue weighted by molar-refractivity contribution is 5.82. The molecule has 0 radical (unpaired) electrons. The van der Waals surface area contributed by atoms with Gasteiger partial charge in [0, 0.05) is 14.2 Å². The number of benzene rings is 1. The molecule has 29 heavy (non-hydrogen) atoms. The first kappa shape index (κ1) is 22.8. The molecule has 160 valence electrons. The molecule has 0 aliphatic carbocycles. The molecule has 1 heterocycles. The monoisotopic (exact) mass is 407 g/mol. The third-order valence-electron chi connectivity index (χ3n) is 5.11. The largest absolute Gasteiger partial charge is 0.462 e. The molecular weight excluding hydrogens is 378 g/mol. The van der Waals surface area contributed by atoms with Crippen molar-refractivity contribution in [2.45, 2.75) is 44.9 Å². The molecule has 1 saturated heterocycles. The number of hydrogen-bond acceptors (Lipinski definition) is 7. The number of cyclic esters (lactones) is 2. The SMILES string of the molecule is COCO[C@H]1CC(=O)O[C@H](C)[C@H](C)C(=O)OCC(=O)N(C)[C@H]1Cc1ccccc1. The number of hydrogen-bond donors (Lipinski definition) is 0. The summed E-state index contributed by atoms with van der Waals surface area (Å²) in [5.41, 5.74) is 0.975. The van der Waals surface area contributed by atoms with E-state index in [1.165, 1.54) is 12.0 Å². The van der Waals surface area contributed by atoms with E-state index in [9.17, 15) is 14.4 Å². The highest BCUT2D eigenvalue weighted by atomic mass is 16.7. The highest BCUT2D eigenvalue weighted by Crippen LogP contribution is 2.20. The van der Waals surface area contributed by atoms with Crippen LogP contribution >= 0.6 is 0 Å². The first-order valence-corrected chi connectivity index (χ1v) is 9.59. The van der Waals surface area contributed by atoms with E-state index >= 15 is 0 Å². The fraction of sp³-hybridized carbons (Fsp3) is 0.571. The van der Waals surface area contributed by atoms with E-state index in [0.29, 0.717) is 6.42 Å². The van der Waals surface area contributed by atoms with Crippen LogP contribution in [-0.4, -0.2) is 68.6 Å². The summed E-state index contributed by atoms with van der Waals surface area (Å²) in [6, 6.07) is 9.08. The number of esters is 2. The van der Waals surface area contributed by atoms with Crippen molar-refractivity contribution in [2.24, 2.45) is 5.92 Å². The minimum atomic E-state index is -0.685. The molecule has 8 nitrogen and oxygen atoms in total. The second-order valence-electron chi connectivity index (χ2n) is 7.17. The van der Waals surface area contributed by atoms with Crippen molar-refractivity contribution in [3.05, 3.63) is 35.9 Å². The Labute approximate surface area is 171 Å².